The monoisotopic (exact) mass is 243 g/mol. The second-order valence-corrected chi connectivity index (χ2v) is 3.81. The highest BCUT2D eigenvalue weighted by Crippen LogP contribution is 2.26. The van der Waals surface area contributed by atoms with Crippen LogP contribution in [0.3, 0.4) is 0 Å². The van der Waals surface area contributed by atoms with Gasteiger partial charge in [-0.1, -0.05) is 12.1 Å². The van der Waals surface area contributed by atoms with Crippen LogP contribution in [0.4, 0.5) is 10.1 Å². The number of nitrogen functional groups attached to an aromatic ring is 1. The minimum atomic E-state index is -0.356. The first kappa shape index (κ1) is 10.6. The van der Waals surface area contributed by atoms with Crippen molar-refractivity contribution in [2.24, 2.45) is 0 Å². The Morgan fingerprint density at radius 3 is 2.72 bits per heavy atom. The zero-order valence-corrected chi connectivity index (χ0v) is 9.38. The van der Waals surface area contributed by atoms with Gasteiger partial charge in [0.05, 0.1) is 18.1 Å². The van der Waals surface area contributed by atoms with Crippen LogP contribution < -0.4 is 5.73 Å². The number of halogens is 1. The van der Waals surface area contributed by atoms with E-state index in [2.05, 4.69) is 5.10 Å². The van der Waals surface area contributed by atoms with Gasteiger partial charge in [-0.3, -0.25) is 0 Å². The second-order valence-electron chi connectivity index (χ2n) is 3.81. The van der Waals surface area contributed by atoms with E-state index in [4.69, 9.17) is 10.2 Å². The molecule has 90 valence electrons. The maximum atomic E-state index is 13.6. The lowest BCUT2D eigenvalue weighted by Gasteiger charge is -2.01. The molecule has 1 aromatic carbocycles. The molecule has 0 amide bonds. The van der Waals surface area contributed by atoms with Gasteiger partial charge in [0.1, 0.15) is 11.5 Å². The van der Waals surface area contributed by atoms with E-state index in [9.17, 15) is 4.39 Å². The van der Waals surface area contributed by atoms with Gasteiger partial charge in [-0.25, -0.2) is 9.07 Å². The molecule has 3 rings (SSSR count). The second kappa shape index (κ2) is 4.03. The van der Waals surface area contributed by atoms with Crippen molar-refractivity contribution in [2.75, 3.05) is 5.73 Å². The summed E-state index contributed by atoms with van der Waals surface area (Å²) in [6.07, 6.45) is 3.10. The van der Waals surface area contributed by atoms with Crippen molar-refractivity contribution in [2.45, 2.75) is 0 Å². The lowest BCUT2D eigenvalue weighted by atomic mass is 10.3. The molecule has 3 aromatic rings. The third kappa shape index (κ3) is 1.66. The van der Waals surface area contributed by atoms with E-state index in [1.54, 1.807) is 36.5 Å². The summed E-state index contributed by atoms with van der Waals surface area (Å²) < 4.78 is 20.3. The molecule has 0 spiro atoms. The molecule has 0 saturated heterocycles. The van der Waals surface area contributed by atoms with E-state index < -0.39 is 0 Å². The van der Waals surface area contributed by atoms with Gasteiger partial charge in [0, 0.05) is 0 Å². The average Bonchev–Trinajstić information content (AvgIpc) is 2.98. The van der Waals surface area contributed by atoms with Crippen LogP contribution in [0.25, 0.3) is 17.1 Å². The fourth-order valence-corrected chi connectivity index (χ4v) is 1.75. The van der Waals surface area contributed by atoms with Crippen molar-refractivity contribution in [1.29, 1.82) is 0 Å². The molecule has 0 fully saturated rings. The lowest BCUT2D eigenvalue weighted by molar-refractivity contribution is 0.578. The maximum Gasteiger partial charge on any atom is 0.156 e. The van der Waals surface area contributed by atoms with Crippen molar-refractivity contribution < 1.29 is 8.81 Å². The average molecular weight is 243 g/mol. The van der Waals surface area contributed by atoms with Crippen LogP contribution >= 0.6 is 0 Å². The van der Waals surface area contributed by atoms with Gasteiger partial charge in [0.15, 0.2) is 11.5 Å². The zero-order chi connectivity index (χ0) is 12.5. The molecule has 5 heteroatoms. The fourth-order valence-electron chi connectivity index (χ4n) is 1.75. The molecule has 18 heavy (non-hydrogen) atoms. The Hall–Kier alpha value is -2.56. The van der Waals surface area contributed by atoms with E-state index >= 15 is 0 Å². The zero-order valence-electron chi connectivity index (χ0n) is 9.38. The predicted octanol–water partition coefficient (Wildman–Crippen LogP) is 2.85. The molecular formula is C13H10FN3O. The highest BCUT2D eigenvalue weighted by molar-refractivity contribution is 5.68. The van der Waals surface area contributed by atoms with Gasteiger partial charge < -0.3 is 10.2 Å². The Morgan fingerprint density at radius 2 is 2.00 bits per heavy atom. The Bertz CT molecular complexity index is 673. The van der Waals surface area contributed by atoms with E-state index in [1.807, 2.05) is 0 Å². The maximum absolute atomic E-state index is 13.6. The summed E-state index contributed by atoms with van der Waals surface area (Å²) >= 11 is 0. The van der Waals surface area contributed by atoms with E-state index in [1.165, 1.54) is 17.0 Å². The summed E-state index contributed by atoms with van der Waals surface area (Å²) in [7, 11) is 0. The molecule has 0 aliphatic heterocycles. The molecule has 2 N–H and O–H groups in total. The third-order valence-electron chi connectivity index (χ3n) is 2.60. The molecule has 0 radical (unpaired) electrons. The van der Waals surface area contributed by atoms with Gasteiger partial charge in [-0.15, -0.1) is 0 Å². The summed E-state index contributed by atoms with van der Waals surface area (Å²) in [5, 5.41) is 4.24. The van der Waals surface area contributed by atoms with Gasteiger partial charge in [-0.05, 0) is 24.3 Å². The molecule has 0 aliphatic rings. The van der Waals surface area contributed by atoms with Gasteiger partial charge in [0.25, 0.3) is 0 Å². The SMILES string of the molecule is Nc1cn(-c2ccccc2F)nc1-c1ccco1. The number of hydrogen-bond acceptors (Lipinski definition) is 3. The quantitative estimate of drug-likeness (QED) is 0.752. The molecule has 4 nitrogen and oxygen atoms in total. The van der Waals surface area contributed by atoms with Gasteiger partial charge >= 0.3 is 0 Å². The summed E-state index contributed by atoms with van der Waals surface area (Å²) in [4.78, 5) is 0. The highest BCUT2D eigenvalue weighted by atomic mass is 19.1. The summed E-state index contributed by atoms with van der Waals surface area (Å²) in [6.45, 7) is 0. The van der Waals surface area contributed by atoms with E-state index in [0.717, 1.165) is 0 Å². The summed E-state index contributed by atoms with van der Waals surface area (Å²) in [5.74, 6) is 0.202. The third-order valence-corrected chi connectivity index (χ3v) is 2.60. The number of nitrogens with two attached hydrogens (primary N) is 1. The largest absolute Gasteiger partial charge is 0.463 e. The number of benzene rings is 1. The van der Waals surface area contributed by atoms with Crippen LogP contribution in [0.15, 0.2) is 53.3 Å². The van der Waals surface area contributed by atoms with Crippen LogP contribution in [-0.2, 0) is 0 Å². The number of rotatable bonds is 2. The molecular weight excluding hydrogens is 233 g/mol. The molecule has 0 bridgehead atoms. The summed E-state index contributed by atoms with van der Waals surface area (Å²) in [6, 6.07) is 9.87. The van der Waals surface area contributed by atoms with Crippen molar-refractivity contribution in [1.82, 2.24) is 9.78 Å². The lowest BCUT2D eigenvalue weighted by Crippen LogP contribution is -1.97. The summed E-state index contributed by atoms with van der Waals surface area (Å²) in [5.41, 5.74) is 7.14. The van der Waals surface area contributed by atoms with Crippen molar-refractivity contribution >= 4 is 5.69 Å². The van der Waals surface area contributed by atoms with Crippen LogP contribution in [-0.4, -0.2) is 9.78 Å². The Morgan fingerprint density at radius 1 is 1.17 bits per heavy atom. The predicted molar refractivity (Wildman–Crippen MR) is 65.6 cm³/mol. The van der Waals surface area contributed by atoms with E-state index in [-0.39, 0.29) is 5.82 Å². The van der Waals surface area contributed by atoms with E-state index in [0.29, 0.717) is 22.8 Å². The van der Waals surface area contributed by atoms with Crippen LogP contribution in [0.2, 0.25) is 0 Å². The number of hydrogen-bond donors (Lipinski definition) is 1. The number of furan rings is 1. The van der Waals surface area contributed by atoms with Gasteiger partial charge in [0.2, 0.25) is 0 Å². The number of aromatic nitrogens is 2. The van der Waals surface area contributed by atoms with Crippen molar-refractivity contribution in [3.8, 4) is 17.1 Å². The Balaban J connectivity index is 2.11. The minimum Gasteiger partial charge on any atom is -0.463 e. The Kier molecular flexibility index (Phi) is 2.37. The minimum absolute atomic E-state index is 0.349. The highest BCUT2D eigenvalue weighted by Gasteiger charge is 2.13. The van der Waals surface area contributed by atoms with Crippen LogP contribution in [0, 0.1) is 5.82 Å². The van der Waals surface area contributed by atoms with Crippen molar-refractivity contribution in [3.05, 3.63) is 54.7 Å². The Labute approximate surface area is 102 Å². The first-order valence-corrected chi connectivity index (χ1v) is 5.39. The molecule has 0 aliphatic carbocycles. The van der Waals surface area contributed by atoms with Crippen molar-refractivity contribution in [3.63, 3.8) is 0 Å². The number of anilines is 1. The smallest absolute Gasteiger partial charge is 0.156 e. The molecule has 0 saturated carbocycles. The molecule has 2 heterocycles. The normalized spacial score (nSPS) is 10.7. The number of nitrogens with zero attached hydrogens (tertiary/aromatic N) is 2. The molecule has 2 aromatic heterocycles. The topological polar surface area (TPSA) is 57.0 Å². The first-order valence-electron chi connectivity index (χ1n) is 5.39. The van der Waals surface area contributed by atoms with Crippen LogP contribution in [0.1, 0.15) is 0 Å². The van der Waals surface area contributed by atoms with Crippen LogP contribution in [0.5, 0.6) is 0 Å². The first-order chi connectivity index (χ1) is 8.75. The number of para-hydroxylation sites is 1. The standard InChI is InChI=1S/C13H10FN3O/c14-9-4-1-2-5-11(9)17-8-10(15)13(16-17)12-6-3-7-18-12/h1-8H,15H2. The fraction of sp³-hybridized carbons (Fsp3) is 0. The molecule has 0 unspecified atom stereocenters. The molecule has 0 atom stereocenters. The van der Waals surface area contributed by atoms with Gasteiger partial charge in [-0.2, -0.15) is 5.10 Å².